The first-order valence-corrected chi connectivity index (χ1v) is 3.70. The van der Waals surface area contributed by atoms with Gasteiger partial charge in [-0.1, -0.05) is 0 Å². The van der Waals surface area contributed by atoms with Crippen LogP contribution in [0.4, 0.5) is 5.82 Å². The zero-order valence-electron chi connectivity index (χ0n) is 7.16. The third-order valence-electron chi connectivity index (χ3n) is 1.46. The molecule has 0 aliphatic carbocycles. The third-order valence-corrected chi connectivity index (χ3v) is 1.46. The van der Waals surface area contributed by atoms with Gasteiger partial charge in [-0.15, -0.1) is 0 Å². The Labute approximate surface area is 70.9 Å². The Morgan fingerprint density at radius 2 is 2.33 bits per heavy atom. The number of nitrogens with one attached hydrogen (secondary N) is 1. The average molecular weight is 168 g/mol. The van der Waals surface area contributed by atoms with E-state index in [0.717, 1.165) is 5.56 Å². The van der Waals surface area contributed by atoms with Gasteiger partial charge in [0.1, 0.15) is 12.1 Å². The molecule has 12 heavy (non-hydrogen) atoms. The van der Waals surface area contributed by atoms with E-state index in [9.17, 15) is 0 Å². The highest BCUT2D eigenvalue weighted by Gasteiger charge is 2.05. The number of nitrogens with two attached hydrogens (primary N) is 1. The van der Waals surface area contributed by atoms with Gasteiger partial charge in [-0.3, -0.25) is 0 Å². The van der Waals surface area contributed by atoms with Crippen molar-refractivity contribution in [3.63, 3.8) is 0 Å². The first-order chi connectivity index (χ1) is 5.79. The van der Waals surface area contributed by atoms with E-state index >= 15 is 0 Å². The summed E-state index contributed by atoms with van der Waals surface area (Å²) in [5, 5.41) is 0. The Kier molecular flexibility index (Phi) is 2.82. The van der Waals surface area contributed by atoms with E-state index in [0.29, 0.717) is 18.3 Å². The Hall–Kier alpha value is -1.36. The number of nitrogens with zero attached hydrogens (tertiary/aromatic N) is 2. The van der Waals surface area contributed by atoms with Crippen LogP contribution in [0.2, 0.25) is 0 Å². The van der Waals surface area contributed by atoms with E-state index in [1.807, 2.05) is 13.8 Å². The summed E-state index contributed by atoms with van der Waals surface area (Å²) in [6.07, 6.45) is 1.41. The standard InChI is InChI=1S/C7H12N4O/c1-3-12-7-5(2)6(11-8)9-4-10-7/h4H,3,8H2,1-2H3,(H,9,10,11). The zero-order valence-corrected chi connectivity index (χ0v) is 7.16. The van der Waals surface area contributed by atoms with Crippen LogP contribution < -0.4 is 16.0 Å². The van der Waals surface area contributed by atoms with Crippen LogP contribution in [0, 0.1) is 6.92 Å². The minimum Gasteiger partial charge on any atom is -0.478 e. The molecule has 1 aromatic rings. The smallest absolute Gasteiger partial charge is 0.221 e. The number of nitrogen functional groups attached to an aromatic ring is 1. The highest BCUT2D eigenvalue weighted by Crippen LogP contribution is 2.18. The van der Waals surface area contributed by atoms with E-state index < -0.39 is 0 Å². The van der Waals surface area contributed by atoms with Crippen molar-refractivity contribution in [2.75, 3.05) is 12.0 Å². The monoisotopic (exact) mass is 168 g/mol. The molecule has 5 nitrogen and oxygen atoms in total. The predicted molar refractivity (Wildman–Crippen MR) is 45.7 cm³/mol. The van der Waals surface area contributed by atoms with E-state index in [2.05, 4.69) is 15.4 Å². The second-order valence-electron chi connectivity index (χ2n) is 2.23. The number of ether oxygens (including phenoxy) is 1. The number of aromatic nitrogens is 2. The SMILES string of the molecule is CCOc1ncnc(NN)c1C. The van der Waals surface area contributed by atoms with Gasteiger partial charge in [0.2, 0.25) is 5.88 Å². The molecule has 0 saturated heterocycles. The first-order valence-electron chi connectivity index (χ1n) is 3.70. The van der Waals surface area contributed by atoms with Gasteiger partial charge in [0.15, 0.2) is 0 Å². The summed E-state index contributed by atoms with van der Waals surface area (Å²) in [5.74, 6) is 6.38. The minimum atomic E-state index is 0.570. The molecule has 0 aliphatic heterocycles. The fourth-order valence-corrected chi connectivity index (χ4v) is 0.862. The third kappa shape index (κ3) is 1.62. The number of hydrogen-bond donors (Lipinski definition) is 2. The van der Waals surface area contributed by atoms with Gasteiger partial charge >= 0.3 is 0 Å². The largest absolute Gasteiger partial charge is 0.478 e. The highest BCUT2D eigenvalue weighted by atomic mass is 16.5. The second kappa shape index (κ2) is 3.87. The molecule has 0 unspecified atom stereocenters. The van der Waals surface area contributed by atoms with Crippen LogP contribution in [0.1, 0.15) is 12.5 Å². The van der Waals surface area contributed by atoms with Crippen LogP contribution in [0.3, 0.4) is 0 Å². The number of anilines is 1. The van der Waals surface area contributed by atoms with Crippen LogP contribution >= 0.6 is 0 Å². The maximum Gasteiger partial charge on any atom is 0.221 e. The van der Waals surface area contributed by atoms with Gasteiger partial charge in [0.25, 0.3) is 0 Å². The minimum absolute atomic E-state index is 0.570. The van der Waals surface area contributed by atoms with E-state index in [1.54, 1.807) is 0 Å². The fraction of sp³-hybridized carbons (Fsp3) is 0.429. The lowest BCUT2D eigenvalue weighted by Gasteiger charge is -2.07. The average Bonchev–Trinajstić information content (AvgIpc) is 2.09. The molecule has 0 bridgehead atoms. The lowest BCUT2D eigenvalue weighted by molar-refractivity contribution is 0.324. The predicted octanol–water partition coefficient (Wildman–Crippen LogP) is 0.469. The maximum atomic E-state index is 5.23. The second-order valence-corrected chi connectivity index (χ2v) is 2.23. The van der Waals surface area contributed by atoms with Crippen LogP contribution in [-0.2, 0) is 0 Å². The number of hydrogen-bond acceptors (Lipinski definition) is 5. The molecule has 0 atom stereocenters. The molecule has 0 aliphatic rings. The Morgan fingerprint density at radius 1 is 1.58 bits per heavy atom. The lowest BCUT2D eigenvalue weighted by atomic mass is 10.3. The van der Waals surface area contributed by atoms with Gasteiger partial charge in [-0.25, -0.2) is 15.8 Å². The Morgan fingerprint density at radius 3 is 2.92 bits per heavy atom. The van der Waals surface area contributed by atoms with Crippen molar-refractivity contribution in [1.82, 2.24) is 9.97 Å². The van der Waals surface area contributed by atoms with Gasteiger partial charge in [-0.05, 0) is 13.8 Å². The first kappa shape index (κ1) is 8.73. The van der Waals surface area contributed by atoms with Crippen LogP contribution in [0.5, 0.6) is 5.88 Å². The van der Waals surface area contributed by atoms with Gasteiger partial charge in [-0.2, -0.15) is 0 Å². The van der Waals surface area contributed by atoms with E-state index in [1.165, 1.54) is 6.33 Å². The van der Waals surface area contributed by atoms with Crippen LogP contribution in [0.15, 0.2) is 6.33 Å². The molecule has 1 rings (SSSR count). The number of rotatable bonds is 3. The summed E-state index contributed by atoms with van der Waals surface area (Å²) in [6, 6.07) is 0. The summed E-state index contributed by atoms with van der Waals surface area (Å²) >= 11 is 0. The highest BCUT2D eigenvalue weighted by molar-refractivity contribution is 5.46. The molecule has 0 radical (unpaired) electrons. The molecule has 0 saturated carbocycles. The molecular weight excluding hydrogens is 156 g/mol. The van der Waals surface area contributed by atoms with Crippen molar-refractivity contribution < 1.29 is 4.74 Å². The van der Waals surface area contributed by atoms with Crippen molar-refractivity contribution >= 4 is 5.82 Å². The molecule has 0 fully saturated rings. The van der Waals surface area contributed by atoms with Crippen molar-refractivity contribution in [3.05, 3.63) is 11.9 Å². The molecule has 66 valence electrons. The summed E-state index contributed by atoms with van der Waals surface area (Å²) in [4.78, 5) is 7.86. The summed E-state index contributed by atoms with van der Waals surface area (Å²) in [5.41, 5.74) is 3.28. The lowest BCUT2D eigenvalue weighted by Crippen LogP contribution is -2.11. The van der Waals surface area contributed by atoms with Gasteiger partial charge in [0.05, 0.1) is 12.2 Å². The summed E-state index contributed by atoms with van der Waals surface area (Å²) < 4.78 is 5.23. The maximum absolute atomic E-state index is 5.23. The molecule has 0 amide bonds. The van der Waals surface area contributed by atoms with Crippen molar-refractivity contribution in [1.29, 1.82) is 0 Å². The Bertz CT molecular complexity index is 264. The quantitative estimate of drug-likeness (QED) is 0.507. The molecule has 0 spiro atoms. The number of hydrazine groups is 1. The molecule has 1 heterocycles. The molecule has 5 heteroatoms. The molecular formula is C7H12N4O. The Balaban J connectivity index is 2.97. The summed E-state index contributed by atoms with van der Waals surface area (Å²) in [7, 11) is 0. The van der Waals surface area contributed by atoms with Crippen molar-refractivity contribution in [2.24, 2.45) is 5.84 Å². The van der Waals surface area contributed by atoms with E-state index in [4.69, 9.17) is 10.6 Å². The van der Waals surface area contributed by atoms with Gasteiger partial charge in [0, 0.05) is 0 Å². The zero-order chi connectivity index (χ0) is 8.97. The van der Waals surface area contributed by atoms with Crippen LogP contribution in [-0.4, -0.2) is 16.6 Å². The van der Waals surface area contributed by atoms with E-state index in [-0.39, 0.29) is 0 Å². The summed E-state index contributed by atoms with van der Waals surface area (Å²) in [6.45, 7) is 4.33. The molecule has 3 N–H and O–H groups in total. The molecule has 0 aromatic carbocycles. The van der Waals surface area contributed by atoms with Crippen molar-refractivity contribution in [2.45, 2.75) is 13.8 Å². The normalized spacial score (nSPS) is 9.58. The molecule has 1 aromatic heterocycles. The topological polar surface area (TPSA) is 73.1 Å². The van der Waals surface area contributed by atoms with Gasteiger partial charge < -0.3 is 10.2 Å². The fourth-order valence-electron chi connectivity index (χ4n) is 0.862. The van der Waals surface area contributed by atoms with Crippen molar-refractivity contribution in [3.8, 4) is 5.88 Å². The van der Waals surface area contributed by atoms with Crippen LogP contribution in [0.25, 0.3) is 0 Å².